The Kier molecular flexibility index (Phi) is 4.12. The lowest BCUT2D eigenvalue weighted by atomic mass is 10.1. The highest BCUT2D eigenvalue weighted by Crippen LogP contribution is 2.25. The summed E-state index contributed by atoms with van der Waals surface area (Å²) in [6.07, 6.45) is -0.269. The highest BCUT2D eigenvalue weighted by atomic mass is 16.5. The van der Waals surface area contributed by atoms with E-state index in [0.717, 1.165) is 22.6 Å². The molecule has 5 nitrogen and oxygen atoms in total. The number of methoxy groups -OCH3 is 1. The van der Waals surface area contributed by atoms with Crippen molar-refractivity contribution < 1.29 is 14.6 Å². The molecule has 2 rings (SSSR count). The second kappa shape index (κ2) is 5.83. The molecular formula is C16H17NO4. The van der Waals surface area contributed by atoms with Crippen molar-refractivity contribution in [2.75, 3.05) is 7.11 Å². The molecule has 0 amide bonds. The minimum absolute atomic E-state index is 0.269. The Hall–Kier alpha value is -2.56. The fraction of sp³-hybridized carbons (Fsp3) is 0.250. The fourth-order valence-electron chi connectivity index (χ4n) is 2.31. The second-order valence-corrected chi connectivity index (χ2v) is 4.86. The molecule has 0 fully saturated rings. The molecule has 1 aromatic carbocycles. The quantitative estimate of drug-likeness (QED) is 0.933. The van der Waals surface area contributed by atoms with Crippen molar-refractivity contribution in [3.05, 3.63) is 51.8 Å². The van der Waals surface area contributed by atoms with E-state index in [4.69, 9.17) is 9.84 Å². The lowest BCUT2D eigenvalue weighted by Gasteiger charge is -2.12. The number of aliphatic carboxylic acids is 1. The summed E-state index contributed by atoms with van der Waals surface area (Å²) >= 11 is 0. The molecule has 21 heavy (non-hydrogen) atoms. The average molecular weight is 287 g/mol. The first-order valence-corrected chi connectivity index (χ1v) is 6.49. The number of hydrogen-bond acceptors (Lipinski definition) is 3. The van der Waals surface area contributed by atoms with Crippen LogP contribution in [-0.2, 0) is 18.3 Å². The predicted molar refractivity (Wildman–Crippen MR) is 79.7 cm³/mol. The van der Waals surface area contributed by atoms with Gasteiger partial charge in [0.05, 0.1) is 19.2 Å². The summed E-state index contributed by atoms with van der Waals surface area (Å²) in [5, 5.41) is 8.80. The minimum Gasteiger partial charge on any atom is -0.496 e. The molecule has 0 unspecified atom stereocenters. The van der Waals surface area contributed by atoms with Gasteiger partial charge < -0.3 is 14.4 Å². The van der Waals surface area contributed by atoms with Crippen molar-refractivity contribution in [1.82, 2.24) is 4.57 Å². The number of aromatic nitrogens is 1. The normalized spacial score (nSPS) is 10.4. The molecule has 0 saturated carbocycles. The van der Waals surface area contributed by atoms with Crippen LogP contribution in [0.15, 0.2) is 35.1 Å². The van der Waals surface area contributed by atoms with Crippen molar-refractivity contribution in [1.29, 1.82) is 0 Å². The topological polar surface area (TPSA) is 68.5 Å². The van der Waals surface area contributed by atoms with Gasteiger partial charge in [-0.25, -0.2) is 0 Å². The number of carboxylic acids is 1. The Morgan fingerprint density at radius 2 is 2.00 bits per heavy atom. The van der Waals surface area contributed by atoms with Gasteiger partial charge in [0.2, 0.25) is 0 Å². The molecule has 5 heteroatoms. The lowest BCUT2D eigenvalue weighted by Crippen LogP contribution is -2.24. The molecule has 0 bridgehead atoms. The maximum Gasteiger partial charge on any atom is 0.308 e. The Bertz CT molecular complexity index is 746. The summed E-state index contributed by atoms with van der Waals surface area (Å²) in [6.45, 7) is 1.93. The van der Waals surface area contributed by atoms with E-state index in [1.807, 2.05) is 25.1 Å². The van der Waals surface area contributed by atoms with E-state index < -0.39 is 5.97 Å². The molecule has 0 aliphatic heterocycles. The van der Waals surface area contributed by atoms with Crippen LogP contribution in [0.3, 0.4) is 0 Å². The van der Waals surface area contributed by atoms with Crippen molar-refractivity contribution >= 4 is 5.97 Å². The summed E-state index contributed by atoms with van der Waals surface area (Å²) in [5.41, 5.74) is 2.58. The Balaban J connectivity index is 2.50. The van der Waals surface area contributed by atoms with Crippen LogP contribution in [0, 0.1) is 6.92 Å². The number of carbonyl (C=O) groups is 1. The zero-order valence-corrected chi connectivity index (χ0v) is 12.2. The van der Waals surface area contributed by atoms with E-state index in [9.17, 15) is 9.59 Å². The molecule has 0 saturated heterocycles. The van der Waals surface area contributed by atoms with Crippen LogP contribution >= 0.6 is 0 Å². The summed E-state index contributed by atoms with van der Waals surface area (Å²) in [5.74, 6) is -0.230. The number of rotatable bonds is 4. The molecule has 1 N–H and O–H groups in total. The van der Waals surface area contributed by atoms with Gasteiger partial charge in [0.25, 0.3) is 5.56 Å². The van der Waals surface area contributed by atoms with Crippen LogP contribution in [0.4, 0.5) is 0 Å². The van der Waals surface area contributed by atoms with Crippen LogP contribution in [0.2, 0.25) is 0 Å². The van der Waals surface area contributed by atoms with Crippen molar-refractivity contribution in [3.63, 3.8) is 0 Å². The van der Waals surface area contributed by atoms with Crippen LogP contribution in [0.25, 0.3) is 11.3 Å². The molecule has 0 aliphatic rings. The molecule has 0 spiro atoms. The molecule has 0 atom stereocenters. The van der Waals surface area contributed by atoms with E-state index in [1.54, 1.807) is 26.3 Å². The third-order valence-electron chi connectivity index (χ3n) is 3.42. The molecule has 1 heterocycles. The highest BCUT2D eigenvalue weighted by Gasteiger charge is 2.11. The van der Waals surface area contributed by atoms with Gasteiger partial charge in [0, 0.05) is 12.6 Å². The predicted octanol–water partition coefficient (Wildman–Crippen LogP) is 2.00. The van der Waals surface area contributed by atoms with Gasteiger partial charge in [-0.3, -0.25) is 9.59 Å². The van der Waals surface area contributed by atoms with E-state index >= 15 is 0 Å². The number of carboxylic acid groups (broad SMARTS) is 1. The molecule has 1 aromatic heterocycles. The third kappa shape index (κ3) is 2.97. The van der Waals surface area contributed by atoms with Crippen LogP contribution in [-0.4, -0.2) is 22.8 Å². The van der Waals surface area contributed by atoms with Crippen LogP contribution in [0.1, 0.15) is 11.1 Å². The SMILES string of the molecule is COc1ccc(-c2ccc(CC(=O)O)c(=O)n2C)cc1C. The largest absolute Gasteiger partial charge is 0.496 e. The Labute approximate surface area is 122 Å². The van der Waals surface area contributed by atoms with Gasteiger partial charge >= 0.3 is 5.97 Å². The van der Waals surface area contributed by atoms with Crippen molar-refractivity contribution in [2.45, 2.75) is 13.3 Å². The maximum atomic E-state index is 12.2. The monoisotopic (exact) mass is 287 g/mol. The van der Waals surface area contributed by atoms with E-state index in [0.29, 0.717) is 0 Å². The number of aryl methyl sites for hydroxylation is 1. The minimum atomic E-state index is -1.01. The smallest absolute Gasteiger partial charge is 0.308 e. The standard InChI is InChI=1S/C16H17NO4/c1-10-8-11(5-7-14(10)21-3)13-6-4-12(9-15(18)19)16(20)17(13)2/h4-8H,9H2,1-3H3,(H,18,19). The zero-order valence-electron chi connectivity index (χ0n) is 12.2. The number of nitrogens with zero attached hydrogens (tertiary/aromatic N) is 1. The van der Waals surface area contributed by atoms with Gasteiger partial charge in [0.1, 0.15) is 5.75 Å². The van der Waals surface area contributed by atoms with Gasteiger partial charge in [-0.15, -0.1) is 0 Å². The second-order valence-electron chi connectivity index (χ2n) is 4.86. The number of ether oxygens (including phenoxy) is 1. The Morgan fingerprint density at radius 1 is 1.29 bits per heavy atom. The number of pyridine rings is 1. The van der Waals surface area contributed by atoms with E-state index in [1.165, 1.54) is 4.57 Å². The molecule has 0 radical (unpaired) electrons. The first kappa shape index (κ1) is 14.8. The third-order valence-corrected chi connectivity index (χ3v) is 3.42. The van der Waals surface area contributed by atoms with Gasteiger partial charge in [0.15, 0.2) is 0 Å². The molecule has 110 valence electrons. The van der Waals surface area contributed by atoms with Gasteiger partial charge in [-0.2, -0.15) is 0 Å². The fourth-order valence-corrected chi connectivity index (χ4v) is 2.31. The van der Waals surface area contributed by atoms with Gasteiger partial charge in [-0.1, -0.05) is 6.07 Å². The zero-order chi connectivity index (χ0) is 15.6. The molecule has 2 aromatic rings. The molecule has 0 aliphatic carbocycles. The van der Waals surface area contributed by atoms with Crippen molar-refractivity contribution in [3.8, 4) is 17.0 Å². The lowest BCUT2D eigenvalue weighted by molar-refractivity contribution is -0.136. The average Bonchev–Trinajstić information content (AvgIpc) is 2.43. The summed E-state index contributed by atoms with van der Waals surface area (Å²) < 4.78 is 6.69. The number of benzene rings is 1. The number of hydrogen-bond donors (Lipinski definition) is 1. The van der Waals surface area contributed by atoms with Crippen LogP contribution < -0.4 is 10.3 Å². The van der Waals surface area contributed by atoms with Gasteiger partial charge in [-0.05, 0) is 42.3 Å². The van der Waals surface area contributed by atoms with Crippen molar-refractivity contribution in [2.24, 2.45) is 7.05 Å². The first-order chi connectivity index (χ1) is 9.93. The molecular weight excluding hydrogens is 270 g/mol. The highest BCUT2D eigenvalue weighted by molar-refractivity contribution is 5.70. The maximum absolute atomic E-state index is 12.2. The summed E-state index contributed by atoms with van der Waals surface area (Å²) in [7, 11) is 3.25. The van der Waals surface area contributed by atoms with E-state index in [2.05, 4.69) is 0 Å². The summed E-state index contributed by atoms with van der Waals surface area (Å²) in [6, 6.07) is 8.99. The first-order valence-electron chi connectivity index (χ1n) is 6.49. The Morgan fingerprint density at radius 3 is 2.57 bits per heavy atom. The summed E-state index contributed by atoms with van der Waals surface area (Å²) in [4.78, 5) is 22.9. The van der Waals surface area contributed by atoms with Crippen LogP contribution in [0.5, 0.6) is 5.75 Å². The van der Waals surface area contributed by atoms with E-state index in [-0.39, 0.29) is 17.5 Å².